The molecule has 1 aromatic carbocycles. The smallest absolute Gasteiger partial charge is 0.123 e. The van der Waals surface area contributed by atoms with Crippen LogP contribution in [0.2, 0.25) is 0 Å². The van der Waals surface area contributed by atoms with Gasteiger partial charge in [-0.25, -0.2) is 4.39 Å². The summed E-state index contributed by atoms with van der Waals surface area (Å²) in [5.74, 6) is -0.192. The van der Waals surface area contributed by atoms with E-state index in [1.165, 1.54) is 17.3 Å². The van der Waals surface area contributed by atoms with Gasteiger partial charge in [-0.3, -0.25) is 4.68 Å². The van der Waals surface area contributed by atoms with Crippen molar-refractivity contribution in [3.8, 4) is 0 Å². The van der Waals surface area contributed by atoms with E-state index in [-0.39, 0.29) is 5.82 Å². The third-order valence-electron chi connectivity index (χ3n) is 4.26. The molecule has 0 aliphatic rings. The van der Waals surface area contributed by atoms with E-state index >= 15 is 0 Å². The van der Waals surface area contributed by atoms with Crippen LogP contribution in [0, 0.1) is 19.7 Å². The number of halogens is 1. The Balaban J connectivity index is 1.62. The molecule has 2 aromatic heterocycles. The Bertz CT molecular complexity index is 800. The van der Waals surface area contributed by atoms with Gasteiger partial charge in [-0.05, 0) is 50.6 Å². The molecule has 0 aliphatic carbocycles. The third-order valence-corrected chi connectivity index (χ3v) is 4.26. The minimum Gasteiger partial charge on any atom is -0.361 e. The fraction of sp³-hybridized carbons (Fsp3) is 0.353. The van der Waals surface area contributed by atoms with Crippen molar-refractivity contribution in [1.82, 2.24) is 20.1 Å². The van der Waals surface area contributed by atoms with Crippen LogP contribution < -0.4 is 5.32 Å². The molecule has 2 N–H and O–H groups in total. The maximum absolute atomic E-state index is 13.4. The molecule has 0 atom stereocenters. The van der Waals surface area contributed by atoms with Gasteiger partial charge in [0.05, 0.1) is 5.69 Å². The molecule has 2 heterocycles. The summed E-state index contributed by atoms with van der Waals surface area (Å²) in [7, 11) is 1.96. The lowest BCUT2D eigenvalue weighted by Gasteiger charge is -2.05. The zero-order valence-corrected chi connectivity index (χ0v) is 13.2. The van der Waals surface area contributed by atoms with E-state index in [1.807, 2.05) is 24.9 Å². The molecule has 0 bridgehead atoms. The average Bonchev–Trinajstić information content (AvgIpc) is 2.98. The first-order valence-corrected chi connectivity index (χ1v) is 7.51. The monoisotopic (exact) mass is 300 g/mol. The van der Waals surface area contributed by atoms with Gasteiger partial charge in [0.1, 0.15) is 5.82 Å². The largest absolute Gasteiger partial charge is 0.361 e. The van der Waals surface area contributed by atoms with Crippen molar-refractivity contribution in [1.29, 1.82) is 0 Å². The van der Waals surface area contributed by atoms with E-state index in [1.54, 1.807) is 12.1 Å². The molecule has 0 aliphatic heterocycles. The van der Waals surface area contributed by atoms with Crippen LogP contribution in [0.3, 0.4) is 0 Å². The number of rotatable bonds is 5. The molecular formula is C17H21FN4. The van der Waals surface area contributed by atoms with Gasteiger partial charge in [0.25, 0.3) is 0 Å². The van der Waals surface area contributed by atoms with Crippen molar-refractivity contribution < 1.29 is 4.39 Å². The number of nitrogens with one attached hydrogen (secondary N) is 2. The van der Waals surface area contributed by atoms with Crippen molar-refractivity contribution >= 4 is 10.9 Å². The number of aromatic amines is 1. The summed E-state index contributed by atoms with van der Waals surface area (Å²) >= 11 is 0. The Morgan fingerprint density at radius 2 is 2.14 bits per heavy atom. The molecule has 0 radical (unpaired) electrons. The van der Waals surface area contributed by atoms with Gasteiger partial charge in [-0.15, -0.1) is 0 Å². The van der Waals surface area contributed by atoms with E-state index in [2.05, 4.69) is 22.3 Å². The van der Waals surface area contributed by atoms with E-state index in [9.17, 15) is 4.39 Å². The first-order valence-electron chi connectivity index (χ1n) is 7.51. The summed E-state index contributed by atoms with van der Waals surface area (Å²) in [6.07, 6.45) is 2.83. The molecule has 0 unspecified atom stereocenters. The quantitative estimate of drug-likeness (QED) is 0.712. The highest BCUT2D eigenvalue weighted by atomic mass is 19.1. The van der Waals surface area contributed by atoms with Crippen LogP contribution >= 0.6 is 0 Å². The van der Waals surface area contributed by atoms with Crippen molar-refractivity contribution in [3.05, 3.63) is 52.7 Å². The first kappa shape index (κ1) is 14.8. The maximum Gasteiger partial charge on any atom is 0.123 e. The van der Waals surface area contributed by atoms with Crippen LogP contribution in [0.25, 0.3) is 10.9 Å². The fourth-order valence-corrected chi connectivity index (χ4v) is 2.87. The fourth-order valence-electron chi connectivity index (χ4n) is 2.87. The molecule has 5 heteroatoms. The lowest BCUT2D eigenvalue weighted by atomic mass is 10.1. The molecule has 0 fully saturated rings. The number of H-pyrrole nitrogens is 1. The molecule has 0 saturated carbocycles. The Morgan fingerprint density at radius 3 is 2.86 bits per heavy atom. The molecule has 22 heavy (non-hydrogen) atoms. The average molecular weight is 300 g/mol. The third kappa shape index (κ3) is 2.76. The lowest BCUT2D eigenvalue weighted by Crippen LogP contribution is -2.17. The SMILES string of the molecule is Cc1nn(C)c(C)c1CNCCc1c[nH]c2ccc(F)cc12. The second kappa shape index (κ2) is 5.93. The molecule has 116 valence electrons. The zero-order valence-electron chi connectivity index (χ0n) is 13.2. The van der Waals surface area contributed by atoms with Crippen LogP contribution in [0.5, 0.6) is 0 Å². The van der Waals surface area contributed by atoms with Crippen molar-refractivity contribution in [2.24, 2.45) is 7.05 Å². The molecular weight excluding hydrogens is 279 g/mol. The van der Waals surface area contributed by atoms with Crippen LogP contribution in [0.1, 0.15) is 22.5 Å². The van der Waals surface area contributed by atoms with Crippen LogP contribution in [-0.4, -0.2) is 21.3 Å². The highest BCUT2D eigenvalue weighted by Gasteiger charge is 2.09. The van der Waals surface area contributed by atoms with Crippen LogP contribution in [0.15, 0.2) is 24.4 Å². The molecule has 0 saturated heterocycles. The van der Waals surface area contributed by atoms with Gasteiger partial charge in [-0.2, -0.15) is 5.10 Å². The summed E-state index contributed by atoms with van der Waals surface area (Å²) in [5.41, 5.74) is 5.64. The van der Waals surface area contributed by atoms with Crippen LogP contribution in [0.4, 0.5) is 4.39 Å². The van der Waals surface area contributed by atoms with Crippen molar-refractivity contribution in [3.63, 3.8) is 0 Å². The van der Waals surface area contributed by atoms with Crippen LogP contribution in [-0.2, 0) is 20.0 Å². The van der Waals surface area contributed by atoms with Gasteiger partial charge in [0.2, 0.25) is 0 Å². The summed E-state index contributed by atoms with van der Waals surface area (Å²) < 4.78 is 15.3. The second-order valence-corrected chi connectivity index (χ2v) is 5.70. The molecule has 3 aromatic rings. The number of aromatic nitrogens is 3. The van der Waals surface area contributed by atoms with Gasteiger partial charge in [-0.1, -0.05) is 0 Å². The van der Waals surface area contributed by atoms with Gasteiger partial charge < -0.3 is 10.3 Å². The zero-order chi connectivity index (χ0) is 15.7. The van der Waals surface area contributed by atoms with E-state index in [0.717, 1.165) is 41.7 Å². The number of nitrogens with zero attached hydrogens (tertiary/aromatic N) is 2. The molecule has 3 rings (SSSR count). The Morgan fingerprint density at radius 1 is 1.32 bits per heavy atom. The molecule has 0 amide bonds. The van der Waals surface area contributed by atoms with E-state index in [4.69, 9.17) is 0 Å². The Kier molecular flexibility index (Phi) is 3.98. The first-order chi connectivity index (χ1) is 10.6. The highest BCUT2D eigenvalue weighted by Crippen LogP contribution is 2.19. The topological polar surface area (TPSA) is 45.6 Å². The molecule has 4 nitrogen and oxygen atoms in total. The van der Waals surface area contributed by atoms with Gasteiger partial charge in [0.15, 0.2) is 0 Å². The van der Waals surface area contributed by atoms with E-state index in [0.29, 0.717) is 0 Å². The number of fused-ring (bicyclic) bond motifs is 1. The summed E-state index contributed by atoms with van der Waals surface area (Å²) in [4.78, 5) is 3.19. The van der Waals surface area contributed by atoms with Gasteiger partial charge in [0, 0.05) is 41.9 Å². The number of benzene rings is 1. The maximum atomic E-state index is 13.4. The summed E-state index contributed by atoms with van der Waals surface area (Å²) in [6.45, 7) is 5.77. The normalized spacial score (nSPS) is 11.5. The predicted molar refractivity (Wildman–Crippen MR) is 86.3 cm³/mol. The standard InChI is InChI=1S/C17H21FN4/c1-11-16(12(2)22(3)21-11)10-19-7-6-13-9-20-17-5-4-14(18)8-15(13)17/h4-5,8-9,19-20H,6-7,10H2,1-3H3. The van der Waals surface area contributed by atoms with Crippen molar-refractivity contribution in [2.75, 3.05) is 6.54 Å². The number of hydrogen-bond donors (Lipinski definition) is 2. The number of aryl methyl sites for hydroxylation is 2. The van der Waals surface area contributed by atoms with Crippen molar-refractivity contribution in [2.45, 2.75) is 26.8 Å². The Hall–Kier alpha value is -2.14. The number of hydrogen-bond acceptors (Lipinski definition) is 2. The van der Waals surface area contributed by atoms with Gasteiger partial charge >= 0.3 is 0 Å². The molecule has 0 spiro atoms. The minimum absolute atomic E-state index is 0.192. The lowest BCUT2D eigenvalue weighted by molar-refractivity contribution is 0.629. The van der Waals surface area contributed by atoms with E-state index < -0.39 is 0 Å². The minimum atomic E-state index is -0.192. The summed E-state index contributed by atoms with van der Waals surface area (Å²) in [5, 5.41) is 8.84. The second-order valence-electron chi connectivity index (χ2n) is 5.70. The predicted octanol–water partition coefficient (Wildman–Crippen LogP) is 2.99. The highest BCUT2D eigenvalue weighted by molar-refractivity contribution is 5.83. The Labute approximate surface area is 129 Å². The summed E-state index contributed by atoms with van der Waals surface area (Å²) in [6, 6.07) is 4.86.